The van der Waals surface area contributed by atoms with E-state index in [-0.39, 0.29) is 24.8 Å². The van der Waals surface area contributed by atoms with Crippen molar-refractivity contribution in [2.24, 2.45) is 0 Å². The summed E-state index contributed by atoms with van der Waals surface area (Å²) in [5.74, 6) is -0.635. The number of carbonyl (C=O) groups excluding carboxylic acids is 2. The van der Waals surface area contributed by atoms with Crippen LogP contribution in [0.4, 0.5) is 0 Å². The molecule has 0 aliphatic carbocycles. The van der Waals surface area contributed by atoms with Gasteiger partial charge in [-0.2, -0.15) is 0 Å². The van der Waals surface area contributed by atoms with Crippen molar-refractivity contribution in [2.45, 2.75) is 66.0 Å². The molecule has 0 radical (unpaired) electrons. The van der Waals surface area contributed by atoms with E-state index in [2.05, 4.69) is 0 Å². The van der Waals surface area contributed by atoms with E-state index in [1.165, 1.54) is 0 Å². The van der Waals surface area contributed by atoms with Gasteiger partial charge in [-0.05, 0) is 40.5 Å². The van der Waals surface area contributed by atoms with Crippen LogP contribution in [-0.4, -0.2) is 37.7 Å². The van der Waals surface area contributed by atoms with Crippen molar-refractivity contribution in [3.63, 3.8) is 0 Å². The van der Waals surface area contributed by atoms with E-state index < -0.39 is 12.6 Å². The highest BCUT2D eigenvalue weighted by Crippen LogP contribution is 2.06. The van der Waals surface area contributed by atoms with Crippen LogP contribution in [0.3, 0.4) is 0 Å². The Morgan fingerprint density at radius 1 is 0.800 bits per heavy atom. The van der Waals surface area contributed by atoms with Crippen molar-refractivity contribution in [3.05, 3.63) is 0 Å². The predicted octanol–water partition coefficient (Wildman–Crippen LogP) is 2.40. The lowest BCUT2D eigenvalue weighted by molar-refractivity contribution is -0.176. The van der Waals surface area contributed by atoms with Crippen LogP contribution >= 0.6 is 0 Å². The standard InChI is InChI=1S/C14H26O6/c1-5-17-11(3)19-13(15)9-7-8-10-14(16)20-12(4)18-6-2/h11-12H,5-10H2,1-4H3. The molecule has 0 aromatic rings. The number of unbranched alkanes of at least 4 members (excludes halogenated alkanes) is 1. The van der Waals surface area contributed by atoms with Gasteiger partial charge in [0.15, 0.2) is 12.6 Å². The van der Waals surface area contributed by atoms with Gasteiger partial charge in [0.2, 0.25) is 0 Å². The van der Waals surface area contributed by atoms with Crippen molar-refractivity contribution >= 4 is 11.9 Å². The zero-order chi connectivity index (χ0) is 15.4. The zero-order valence-corrected chi connectivity index (χ0v) is 12.8. The largest absolute Gasteiger partial charge is 0.436 e. The third kappa shape index (κ3) is 10.8. The Bertz CT molecular complexity index is 251. The molecule has 0 spiro atoms. The quantitative estimate of drug-likeness (QED) is 0.330. The summed E-state index contributed by atoms with van der Waals surface area (Å²) in [5, 5.41) is 0. The van der Waals surface area contributed by atoms with Crippen LogP contribution in [0.1, 0.15) is 53.4 Å². The molecular weight excluding hydrogens is 264 g/mol. The fourth-order valence-corrected chi connectivity index (χ4v) is 1.56. The Balaban J connectivity index is 3.60. The first-order valence-electron chi connectivity index (χ1n) is 7.11. The second-order valence-electron chi connectivity index (χ2n) is 4.23. The fourth-order valence-electron chi connectivity index (χ4n) is 1.56. The number of hydrogen-bond donors (Lipinski definition) is 0. The second-order valence-corrected chi connectivity index (χ2v) is 4.23. The highest BCUT2D eigenvalue weighted by Gasteiger charge is 2.11. The molecule has 0 rings (SSSR count). The van der Waals surface area contributed by atoms with Gasteiger partial charge in [-0.25, -0.2) is 0 Å². The van der Waals surface area contributed by atoms with E-state index in [1.807, 2.05) is 13.8 Å². The summed E-state index contributed by atoms with van der Waals surface area (Å²) in [4.78, 5) is 22.8. The van der Waals surface area contributed by atoms with E-state index in [0.717, 1.165) is 0 Å². The molecule has 0 saturated carbocycles. The first-order valence-corrected chi connectivity index (χ1v) is 7.11. The van der Waals surface area contributed by atoms with Crippen LogP contribution in [0, 0.1) is 0 Å². The van der Waals surface area contributed by atoms with Gasteiger partial charge in [0, 0.05) is 26.1 Å². The maximum absolute atomic E-state index is 11.4. The molecule has 2 unspecified atom stereocenters. The predicted molar refractivity (Wildman–Crippen MR) is 72.8 cm³/mol. The van der Waals surface area contributed by atoms with Crippen LogP contribution in [0.2, 0.25) is 0 Å². The first kappa shape index (κ1) is 18.9. The summed E-state index contributed by atoms with van der Waals surface area (Å²) in [6.07, 6.45) is 0.650. The third-order valence-electron chi connectivity index (χ3n) is 2.41. The van der Waals surface area contributed by atoms with Crippen molar-refractivity contribution < 1.29 is 28.5 Å². The summed E-state index contributed by atoms with van der Waals surface area (Å²) in [6.45, 7) is 8.01. The molecule has 6 nitrogen and oxygen atoms in total. The third-order valence-corrected chi connectivity index (χ3v) is 2.41. The van der Waals surface area contributed by atoms with Crippen LogP contribution in [0.25, 0.3) is 0 Å². The monoisotopic (exact) mass is 290 g/mol. The lowest BCUT2D eigenvalue weighted by atomic mass is 10.2. The molecule has 0 aliphatic heterocycles. The van der Waals surface area contributed by atoms with Crippen LogP contribution in [-0.2, 0) is 28.5 Å². The number of carbonyl (C=O) groups is 2. The summed E-state index contributed by atoms with van der Waals surface area (Å²) >= 11 is 0. The van der Waals surface area contributed by atoms with Gasteiger partial charge in [0.25, 0.3) is 0 Å². The van der Waals surface area contributed by atoms with Gasteiger partial charge in [0.1, 0.15) is 0 Å². The maximum atomic E-state index is 11.4. The Hall–Kier alpha value is -1.14. The molecular formula is C14H26O6. The van der Waals surface area contributed by atoms with Crippen LogP contribution in [0.5, 0.6) is 0 Å². The average Bonchev–Trinajstić information content (AvgIpc) is 2.35. The van der Waals surface area contributed by atoms with Gasteiger partial charge in [0.05, 0.1) is 0 Å². The Kier molecular flexibility index (Phi) is 11.0. The Labute approximate surface area is 120 Å². The number of rotatable bonds is 11. The molecule has 0 bridgehead atoms. The van der Waals surface area contributed by atoms with Crippen molar-refractivity contribution in [2.75, 3.05) is 13.2 Å². The molecule has 6 heteroatoms. The molecule has 0 heterocycles. The molecule has 0 aliphatic rings. The van der Waals surface area contributed by atoms with Crippen molar-refractivity contribution in [3.8, 4) is 0 Å². The molecule has 2 atom stereocenters. The zero-order valence-electron chi connectivity index (χ0n) is 12.8. The Morgan fingerprint density at radius 3 is 1.45 bits per heavy atom. The van der Waals surface area contributed by atoms with E-state index in [9.17, 15) is 9.59 Å². The van der Waals surface area contributed by atoms with Crippen LogP contribution < -0.4 is 0 Å². The average molecular weight is 290 g/mol. The molecule has 20 heavy (non-hydrogen) atoms. The van der Waals surface area contributed by atoms with Crippen molar-refractivity contribution in [1.82, 2.24) is 0 Å². The van der Waals surface area contributed by atoms with Crippen molar-refractivity contribution in [1.29, 1.82) is 0 Å². The molecule has 0 N–H and O–H groups in total. The summed E-state index contributed by atoms with van der Waals surface area (Å²) in [6, 6.07) is 0. The SMILES string of the molecule is CCOC(C)OC(=O)CCCCC(=O)OC(C)OCC. The van der Waals surface area contributed by atoms with E-state index in [0.29, 0.717) is 26.1 Å². The van der Waals surface area contributed by atoms with Gasteiger partial charge in [-0.15, -0.1) is 0 Å². The van der Waals surface area contributed by atoms with Crippen LogP contribution in [0.15, 0.2) is 0 Å². The van der Waals surface area contributed by atoms with Gasteiger partial charge >= 0.3 is 11.9 Å². The lowest BCUT2D eigenvalue weighted by Crippen LogP contribution is -2.18. The lowest BCUT2D eigenvalue weighted by Gasteiger charge is -2.13. The maximum Gasteiger partial charge on any atom is 0.308 e. The minimum Gasteiger partial charge on any atom is -0.436 e. The molecule has 0 saturated heterocycles. The molecule has 0 aromatic carbocycles. The van der Waals surface area contributed by atoms with Gasteiger partial charge in [-0.1, -0.05) is 0 Å². The second kappa shape index (κ2) is 11.7. The summed E-state index contributed by atoms with van der Waals surface area (Å²) in [7, 11) is 0. The number of hydrogen-bond acceptors (Lipinski definition) is 6. The molecule has 118 valence electrons. The van der Waals surface area contributed by atoms with Gasteiger partial charge in [-0.3, -0.25) is 9.59 Å². The fraction of sp³-hybridized carbons (Fsp3) is 0.857. The highest BCUT2D eigenvalue weighted by molar-refractivity contribution is 5.70. The minimum absolute atomic E-state index is 0.270. The summed E-state index contributed by atoms with van der Waals surface area (Å²) < 4.78 is 20.2. The Morgan fingerprint density at radius 2 is 1.15 bits per heavy atom. The smallest absolute Gasteiger partial charge is 0.308 e. The number of ether oxygens (including phenoxy) is 4. The first-order chi connectivity index (χ1) is 9.49. The molecule has 0 amide bonds. The highest BCUT2D eigenvalue weighted by atomic mass is 16.7. The molecule has 0 fully saturated rings. The van der Waals surface area contributed by atoms with E-state index in [4.69, 9.17) is 18.9 Å². The molecule has 0 aromatic heterocycles. The topological polar surface area (TPSA) is 71.1 Å². The van der Waals surface area contributed by atoms with E-state index in [1.54, 1.807) is 13.8 Å². The normalized spacial score (nSPS) is 13.6. The summed E-state index contributed by atoms with van der Waals surface area (Å²) in [5.41, 5.74) is 0. The minimum atomic E-state index is -0.524. The van der Waals surface area contributed by atoms with E-state index >= 15 is 0 Å². The number of esters is 2. The van der Waals surface area contributed by atoms with Gasteiger partial charge < -0.3 is 18.9 Å².